The molecule has 1 aliphatic heterocycles. The Balaban J connectivity index is 1.62. The van der Waals surface area contributed by atoms with E-state index >= 15 is 0 Å². The molecular formula is C20H19NO6S3. The number of sulfonamides is 1. The molecule has 1 N–H and O–H groups in total. The highest BCUT2D eigenvalue weighted by Crippen LogP contribution is 2.33. The summed E-state index contributed by atoms with van der Waals surface area (Å²) in [7, 11) is -7.76. The zero-order chi connectivity index (χ0) is 21.2. The lowest BCUT2D eigenvalue weighted by Crippen LogP contribution is -2.32. The Bertz CT molecular complexity index is 1220. The number of hydrogen-bond acceptors (Lipinski definition) is 7. The molecule has 10 heteroatoms. The summed E-state index contributed by atoms with van der Waals surface area (Å²) in [5.74, 6) is 0.817. The molecule has 0 bridgehead atoms. The van der Waals surface area contributed by atoms with Gasteiger partial charge in [-0.3, -0.25) is 0 Å². The Labute approximate surface area is 179 Å². The minimum Gasteiger partial charge on any atom is -0.486 e. The lowest BCUT2D eigenvalue weighted by Gasteiger charge is -2.20. The summed E-state index contributed by atoms with van der Waals surface area (Å²) < 4.78 is 65.6. The fourth-order valence-electron chi connectivity index (χ4n) is 3.10. The Kier molecular flexibility index (Phi) is 5.83. The molecule has 0 fully saturated rings. The van der Waals surface area contributed by atoms with Gasteiger partial charge in [-0.2, -0.15) is 0 Å². The summed E-state index contributed by atoms with van der Waals surface area (Å²) in [5, 5.41) is 0.609. The average Bonchev–Trinajstić information content (AvgIpc) is 3.30. The number of ether oxygens (including phenoxy) is 2. The molecular weight excluding hydrogens is 446 g/mol. The van der Waals surface area contributed by atoms with Gasteiger partial charge < -0.3 is 9.47 Å². The van der Waals surface area contributed by atoms with E-state index in [4.69, 9.17) is 9.47 Å². The summed E-state index contributed by atoms with van der Waals surface area (Å²) in [6, 6.07) is 16.1. The van der Waals surface area contributed by atoms with Crippen LogP contribution in [-0.2, 0) is 19.9 Å². The zero-order valence-corrected chi connectivity index (χ0v) is 18.2. The SMILES string of the molecule is O=S(=O)(NC[C@@H](c1ccccc1)S(=O)(=O)c1cccs1)c1ccc2c(c1)OCCO2. The van der Waals surface area contributed by atoms with Gasteiger partial charge in [-0.15, -0.1) is 11.3 Å². The second kappa shape index (κ2) is 8.38. The molecule has 3 aromatic rings. The first-order chi connectivity index (χ1) is 14.4. The minimum absolute atomic E-state index is 0.0212. The van der Waals surface area contributed by atoms with Crippen LogP contribution in [0.1, 0.15) is 10.8 Å². The predicted molar refractivity (Wildman–Crippen MR) is 113 cm³/mol. The van der Waals surface area contributed by atoms with Gasteiger partial charge in [-0.05, 0) is 29.1 Å². The van der Waals surface area contributed by atoms with Crippen LogP contribution in [0.5, 0.6) is 11.5 Å². The Morgan fingerprint density at radius 3 is 2.33 bits per heavy atom. The molecule has 2 heterocycles. The van der Waals surface area contributed by atoms with Crippen LogP contribution in [0.25, 0.3) is 0 Å². The molecule has 7 nitrogen and oxygen atoms in total. The molecule has 30 heavy (non-hydrogen) atoms. The van der Waals surface area contributed by atoms with Crippen LogP contribution >= 0.6 is 11.3 Å². The van der Waals surface area contributed by atoms with Crippen molar-refractivity contribution in [1.29, 1.82) is 0 Å². The molecule has 0 unspecified atom stereocenters. The summed E-state index contributed by atoms with van der Waals surface area (Å²) in [4.78, 5) is -0.0212. The summed E-state index contributed by atoms with van der Waals surface area (Å²) in [6.45, 7) is 0.427. The molecule has 158 valence electrons. The van der Waals surface area contributed by atoms with Gasteiger partial charge in [0.1, 0.15) is 22.7 Å². The monoisotopic (exact) mass is 465 g/mol. The lowest BCUT2D eigenvalue weighted by molar-refractivity contribution is 0.171. The highest BCUT2D eigenvalue weighted by molar-refractivity contribution is 7.93. The zero-order valence-electron chi connectivity index (χ0n) is 15.7. The smallest absolute Gasteiger partial charge is 0.240 e. The molecule has 2 aromatic carbocycles. The normalized spacial score (nSPS) is 14.9. The van der Waals surface area contributed by atoms with Gasteiger partial charge in [-0.1, -0.05) is 36.4 Å². The van der Waals surface area contributed by atoms with Gasteiger partial charge in [0.05, 0.1) is 4.90 Å². The van der Waals surface area contributed by atoms with Gasteiger partial charge in [0.25, 0.3) is 0 Å². The number of nitrogens with one attached hydrogen (secondary N) is 1. The molecule has 4 rings (SSSR count). The van der Waals surface area contributed by atoms with Crippen LogP contribution in [0, 0.1) is 0 Å². The third kappa shape index (κ3) is 4.22. The number of sulfone groups is 1. The van der Waals surface area contributed by atoms with Crippen molar-refractivity contribution in [2.24, 2.45) is 0 Å². The molecule has 0 amide bonds. The van der Waals surface area contributed by atoms with E-state index < -0.39 is 25.1 Å². The van der Waals surface area contributed by atoms with E-state index in [-0.39, 0.29) is 15.6 Å². The van der Waals surface area contributed by atoms with Gasteiger partial charge in [-0.25, -0.2) is 21.6 Å². The van der Waals surface area contributed by atoms with Crippen molar-refractivity contribution in [3.63, 3.8) is 0 Å². The van der Waals surface area contributed by atoms with Crippen LogP contribution < -0.4 is 14.2 Å². The van der Waals surface area contributed by atoms with E-state index in [0.717, 1.165) is 11.3 Å². The van der Waals surface area contributed by atoms with Gasteiger partial charge >= 0.3 is 0 Å². The summed E-state index contributed by atoms with van der Waals surface area (Å²) in [6.07, 6.45) is 0. The Morgan fingerprint density at radius 1 is 0.900 bits per heavy atom. The first kappa shape index (κ1) is 20.9. The third-order valence-electron chi connectivity index (χ3n) is 4.60. The van der Waals surface area contributed by atoms with E-state index in [0.29, 0.717) is 30.3 Å². The maximum Gasteiger partial charge on any atom is 0.240 e. The quantitative estimate of drug-likeness (QED) is 0.576. The summed E-state index contributed by atoms with van der Waals surface area (Å²) >= 11 is 1.10. The van der Waals surface area contributed by atoms with Crippen LogP contribution in [-0.4, -0.2) is 36.6 Å². The third-order valence-corrected chi connectivity index (χ3v) is 9.56. The molecule has 0 radical (unpaired) electrons. The Morgan fingerprint density at radius 2 is 1.63 bits per heavy atom. The van der Waals surface area contributed by atoms with Crippen molar-refractivity contribution in [2.75, 3.05) is 19.8 Å². The number of rotatable bonds is 7. The van der Waals surface area contributed by atoms with Gasteiger partial charge in [0.2, 0.25) is 10.0 Å². The van der Waals surface area contributed by atoms with E-state index in [9.17, 15) is 16.8 Å². The molecule has 1 aromatic heterocycles. The maximum absolute atomic E-state index is 13.2. The van der Waals surface area contributed by atoms with E-state index in [1.165, 1.54) is 24.3 Å². The van der Waals surface area contributed by atoms with E-state index in [1.54, 1.807) is 41.8 Å². The summed E-state index contributed by atoms with van der Waals surface area (Å²) in [5.41, 5.74) is 0.510. The van der Waals surface area contributed by atoms with Crippen molar-refractivity contribution in [1.82, 2.24) is 4.72 Å². The second-order valence-electron chi connectivity index (χ2n) is 6.53. The predicted octanol–water partition coefficient (Wildman–Crippen LogP) is 3.01. The molecule has 0 aliphatic carbocycles. The first-order valence-corrected chi connectivity index (χ1v) is 13.0. The fraction of sp³-hybridized carbons (Fsp3) is 0.200. The highest BCUT2D eigenvalue weighted by atomic mass is 32.2. The molecule has 0 saturated heterocycles. The van der Waals surface area contributed by atoms with Crippen molar-refractivity contribution in [3.05, 3.63) is 71.6 Å². The second-order valence-corrected chi connectivity index (χ2v) is 11.6. The largest absolute Gasteiger partial charge is 0.486 e. The topological polar surface area (TPSA) is 98.8 Å². The first-order valence-electron chi connectivity index (χ1n) is 9.09. The Hall–Kier alpha value is -2.40. The highest BCUT2D eigenvalue weighted by Gasteiger charge is 2.31. The minimum atomic E-state index is -3.97. The average molecular weight is 466 g/mol. The molecule has 1 aliphatic rings. The van der Waals surface area contributed by atoms with Crippen molar-refractivity contribution < 1.29 is 26.3 Å². The van der Waals surface area contributed by atoms with Crippen LogP contribution in [0.4, 0.5) is 0 Å². The molecule has 1 atom stereocenters. The fourth-order valence-corrected chi connectivity index (χ4v) is 7.13. The van der Waals surface area contributed by atoms with Crippen LogP contribution in [0.15, 0.2) is 75.1 Å². The lowest BCUT2D eigenvalue weighted by atomic mass is 10.1. The standard InChI is InChI=1S/C20H19NO6S3/c22-29(23,20-7-4-12-28-20)19(15-5-2-1-3-6-15)14-21-30(24,25)16-8-9-17-18(13-16)27-11-10-26-17/h1-9,12-13,19,21H,10-11,14H2/t19-/m0/s1. The maximum atomic E-state index is 13.2. The molecule has 0 saturated carbocycles. The van der Waals surface area contributed by atoms with Crippen molar-refractivity contribution in [2.45, 2.75) is 14.4 Å². The van der Waals surface area contributed by atoms with E-state index in [2.05, 4.69) is 4.72 Å². The number of thiophene rings is 1. The number of benzene rings is 2. The van der Waals surface area contributed by atoms with Crippen LogP contribution in [0.3, 0.4) is 0 Å². The van der Waals surface area contributed by atoms with Gasteiger partial charge in [0, 0.05) is 12.6 Å². The van der Waals surface area contributed by atoms with Crippen molar-refractivity contribution in [3.8, 4) is 11.5 Å². The number of hydrogen-bond donors (Lipinski definition) is 1. The van der Waals surface area contributed by atoms with Crippen LogP contribution in [0.2, 0.25) is 0 Å². The van der Waals surface area contributed by atoms with Crippen molar-refractivity contribution >= 4 is 31.2 Å². The van der Waals surface area contributed by atoms with E-state index in [1.807, 2.05) is 0 Å². The number of fused-ring (bicyclic) bond motifs is 1. The van der Waals surface area contributed by atoms with Gasteiger partial charge in [0.15, 0.2) is 21.3 Å². The molecule has 0 spiro atoms.